The second-order valence-corrected chi connectivity index (χ2v) is 9.82. The first-order valence-corrected chi connectivity index (χ1v) is 12.9. The molecular formula is C32H32O4. The molecule has 184 valence electrons. The summed E-state index contributed by atoms with van der Waals surface area (Å²) in [6, 6.07) is 20.0. The molecule has 2 aliphatic rings. The fourth-order valence-electron chi connectivity index (χ4n) is 5.44. The van der Waals surface area contributed by atoms with Crippen molar-refractivity contribution in [3.05, 3.63) is 95.6 Å². The summed E-state index contributed by atoms with van der Waals surface area (Å²) in [6.07, 6.45) is 6.84. The average Bonchev–Trinajstić information content (AvgIpc) is 3.29. The van der Waals surface area contributed by atoms with Crippen molar-refractivity contribution in [2.24, 2.45) is 5.92 Å². The third-order valence-electron chi connectivity index (χ3n) is 7.42. The minimum atomic E-state index is -0.179. The summed E-state index contributed by atoms with van der Waals surface area (Å²) in [5.41, 5.74) is 7.27. The van der Waals surface area contributed by atoms with Crippen LogP contribution in [-0.4, -0.2) is 18.4 Å². The van der Waals surface area contributed by atoms with E-state index in [4.69, 9.17) is 9.47 Å². The first kappa shape index (κ1) is 24.1. The lowest BCUT2D eigenvalue weighted by Gasteiger charge is -2.28. The minimum Gasteiger partial charge on any atom is -0.494 e. The van der Waals surface area contributed by atoms with E-state index < -0.39 is 0 Å². The van der Waals surface area contributed by atoms with Crippen molar-refractivity contribution in [1.29, 1.82) is 0 Å². The molecule has 0 N–H and O–H groups in total. The van der Waals surface area contributed by atoms with Gasteiger partial charge in [-0.3, -0.25) is 9.59 Å². The van der Waals surface area contributed by atoms with Crippen LogP contribution in [0, 0.1) is 5.92 Å². The number of fused-ring (bicyclic) bond motifs is 3. The van der Waals surface area contributed by atoms with Crippen LogP contribution < -0.4 is 9.47 Å². The lowest BCUT2D eigenvalue weighted by molar-refractivity contribution is -0.140. The van der Waals surface area contributed by atoms with Crippen molar-refractivity contribution in [3.8, 4) is 22.6 Å². The molecule has 3 aromatic carbocycles. The van der Waals surface area contributed by atoms with Crippen LogP contribution in [-0.2, 0) is 11.2 Å². The van der Waals surface area contributed by atoms with Crippen LogP contribution in [0.2, 0.25) is 0 Å². The molecule has 0 amide bonds. The van der Waals surface area contributed by atoms with Gasteiger partial charge in [-0.15, -0.1) is 0 Å². The van der Waals surface area contributed by atoms with Gasteiger partial charge in [-0.25, -0.2) is 0 Å². The number of hydrogen-bond acceptors (Lipinski definition) is 4. The molecule has 1 saturated carbocycles. The molecule has 0 heterocycles. The molecule has 5 rings (SSSR count). The van der Waals surface area contributed by atoms with Gasteiger partial charge in [-0.2, -0.15) is 0 Å². The molecule has 4 heteroatoms. The van der Waals surface area contributed by atoms with Crippen LogP contribution in [0.4, 0.5) is 0 Å². The first-order chi connectivity index (χ1) is 17.6. The van der Waals surface area contributed by atoms with E-state index in [1.54, 1.807) is 24.3 Å². The van der Waals surface area contributed by atoms with E-state index in [2.05, 4.69) is 49.9 Å². The Kier molecular flexibility index (Phi) is 7.04. The summed E-state index contributed by atoms with van der Waals surface area (Å²) in [6.45, 7) is 6.36. The Morgan fingerprint density at radius 2 is 1.56 bits per heavy atom. The largest absolute Gasteiger partial charge is 0.494 e. The van der Waals surface area contributed by atoms with Gasteiger partial charge >= 0.3 is 5.97 Å². The fourth-order valence-corrected chi connectivity index (χ4v) is 5.44. The van der Waals surface area contributed by atoms with Crippen molar-refractivity contribution in [2.75, 3.05) is 6.61 Å². The highest BCUT2D eigenvalue weighted by Gasteiger charge is 2.29. The van der Waals surface area contributed by atoms with E-state index in [1.807, 2.05) is 0 Å². The Morgan fingerprint density at radius 3 is 2.25 bits per heavy atom. The molecule has 0 spiro atoms. The van der Waals surface area contributed by atoms with Crippen LogP contribution in [0.25, 0.3) is 11.1 Å². The molecular weight excluding hydrogens is 448 g/mol. The Bertz CT molecular complexity index is 1280. The van der Waals surface area contributed by atoms with Gasteiger partial charge < -0.3 is 9.47 Å². The predicted octanol–water partition coefficient (Wildman–Crippen LogP) is 7.29. The van der Waals surface area contributed by atoms with Crippen molar-refractivity contribution in [3.63, 3.8) is 0 Å². The second-order valence-electron chi connectivity index (χ2n) is 9.82. The number of benzene rings is 3. The van der Waals surface area contributed by atoms with Crippen molar-refractivity contribution in [1.82, 2.24) is 0 Å². The number of allylic oxidation sites excluding steroid dienone is 1. The molecule has 0 saturated heterocycles. The Morgan fingerprint density at radius 1 is 0.889 bits per heavy atom. The van der Waals surface area contributed by atoms with E-state index in [0.717, 1.165) is 50.9 Å². The maximum absolute atomic E-state index is 12.7. The van der Waals surface area contributed by atoms with Gasteiger partial charge in [0, 0.05) is 5.56 Å². The quantitative estimate of drug-likeness (QED) is 0.115. The van der Waals surface area contributed by atoms with Crippen LogP contribution in [0.5, 0.6) is 11.5 Å². The highest BCUT2D eigenvalue weighted by Crippen LogP contribution is 2.42. The SMILES string of the molecule is C=CC(=O)c1ccc(OC(=O)C2CCC(c3ccc4c(c3)Cc3cc(OCCC)ccc3-4)CC2)cc1. The summed E-state index contributed by atoms with van der Waals surface area (Å²) in [5.74, 6) is 1.49. The molecule has 0 unspecified atom stereocenters. The highest BCUT2D eigenvalue weighted by atomic mass is 16.5. The van der Waals surface area contributed by atoms with E-state index >= 15 is 0 Å². The lowest BCUT2D eigenvalue weighted by atomic mass is 9.78. The van der Waals surface area contributed by atoms with Gasteiger partial charge in [-0.05, 0) is 115 Å². The Hall–Kier alpha value is -3.66. The maximum atomic E-state index is 12.7. The zero-order chi connectivity index (χ0) is 25.1. The van der Waals surface area contributed by atoms with Gasteiger partial charge in [0.15, 0.2) is 5.78 Å². The lowest BCUT2D eigenvalue weighted by Crippen LogP contribution is -2.25. The number of carbonyl (C=O) groups is 2. The molecule has 36 heavy (non-hydrogen) atoms. The fraction of sp³-hybridized carbons (Fsp3) is 0.312. The minimum absolute atomic E-state index is 0.0871. The molecule has 0 radical (unpaired) electrons. The molecule has 4 nitrogen and oxygen atoms in total. The number of esters is 1. The summed E-state index contributed by atoms with van der Waals surface area (Å²) >= 11 is 0. The van der Waals surface area contributed by atoms with Crippen molar-refractivity contribution >= 4 is 11.8 Å². The zero-order valence-corrected chi connectivity index (χ0v) is 20.8. The molecule has 2 aliphatic carbocycles. The molecule has 3 aromatic rings. The number of ether oxygens (including phenoxy) is 2. The number of carbonyl (C=O) groups excluding carboxylic acids is 2. The Balaban J connectivity index is 1.18. The smallest absolute Gasteiger partial charge is 0.314 e. The standard InChI is InChI=1S/C32H32O4/c1-3-17-35-28-14-16-30-26(20-28)19-25-18-24(11-15-29(25)30)21-5-7-23(8-6-21)32(34)36-27-12-9-22(10-13-27)31(33)4-2/h4,9-16,18,20-21,23H,2-3,5-8,17,19H2,1H3. The molecule has 0 aromatic heterocycles. The molecule has 0 bridgehead atoms. The Labute approximate surface area is 213 Å². The summed E-state index contributed by atoms with van der Waals surface area (Å²) in [7, 11) is 0. The highest BCUT2D eigenvalue weighted by molar-refractivity contribution is 6.04. The van der Waals surface area contributed by atoms with Crippen LogP contribution in [0.15, 0.2) is 73.3 Å². The third-order valence-corrected chi connectivity index (χ3v) is 7.42. The van der Waals surface area contributed by atoms with Crippen molar-refractivity contribution in [2.45, 2.75) is 51.4 Å². The molecule has 0 atom stereocenters. The van der Waals surface area contributed by atoms with Gasteiger partial charge in [0.1, 0.15) is 11.5 Å². The van der Waals surface area contributed by atoms with Crippen LogP contribution >= 0.6 is 0 Å². The number of hydrogen-bond donors (Lipinski definition) is 0. The molecule has 0 aliphatic heterocycles. The second kappa shape index (κ2) is 10.5. The maximum Gasteiger partial charge on any atom is 0.314 e. The average molecular weight is 481 g/mol. The van der Waals surface area contributed by atoms with Gasteiger partial charge in [0.05, 0.1) is 12.5 Å². The van der Waals surface area contributed by atoms with Crippen LogP contribution in [0.1, 0.15) is 72.0 Å². The van der Waals surface area contributed by atoms with Gasteiger partial charge in [0.2, 0.25) is 0 Å². The van der Waals surface area contributed by atoms with E-state index in [1.165, 1.54) is 33.9 Å². The monoisotopic (exact) mass is 480 g/mol. The van der Waals surface area contributed by atoms with E-state index in [0.29, 0.717) is 17.2 Å². The van der Waals surface area contributed by atoms with Crippen LogP contribution in [0.3, 0.4) is 0 Å². The topological polar surface area (TPSA) is 52.6 Å². The van der Waals surface area contributed by atoms with Crippen molar-refractivity contribution < 1.29 is 19.1 Å². The summed E-state index contributed by atoms with van der Waals surface area (Å²) in [4.78, 5) is 24.4. The van der Waals surface area contributed by atoms with E-state index in [9.17, 15) is 9.59 Å². The van der Waals surface area contributed by atoms with E-state index in [-0.39, 0.29) is 17.7 Å². The number of rotatable bonds is 8. The number of ketones is 1. The predicted molar refractivity (Wildman–Crippen MR) is 142 cm³/mol. The molecule has 1 fully saturated rings. The normalized spacial score (nSPS) is 18.1. The third kappa shape index (κ3) is 4.99. The zero-order valence-electron chi connectivity index (χ0n) is 20.8. The van der Waals surface area contributed by atoms with Gasteiger partial charge in [-0.1, -0.05) is 37.8 Å². The van der Waals surface area contributed by atoms with Gasteiger partial charge in [0.25, 0.3) is 0 Å². The summed E-state index contributed by atoms with van der Waals surface area (Å²) < 4.78 is 11.4. The first-order valence-electron chi connectivity index (χ1n) is 12.9. The summed E-state index contributed by atoms with van der Waals surface area (Å²) in [5, 5.41) is 0.